The summed E-state index contributed by atoms with van der Waals surface area (Å²) in [5.41, 5.74) is -0.141. The van der Waals surface area contributed by atoms with Crippen LogP contribution in [0.15, 0.2) is 0 Å². The first-order chi connectivity index (χ1) is 5.31. The molecule has 2 aliphatic rings. The zero-order chi connectivity index (χ0) is 7.73. The smallest absolute Gasteiger partial charge is 0.115 e. The standard InChI is InChI=1S/C8H14FNO/c9-7-4-8(6-10-5-7)2-1-3-11-8/h7,10H,1-6H2. The summed E-state index contributed by atoms with van der Waals surface area (Å²) in [6.07, 6.45) is 2.01. The fourth-order valence-corrected chi connectivity index (χ4v) is 2.06. The van der Waals surface area contributed by atoms with Crippen molar-refractivity contribution in [2.45, 2.75) is 31.0 Å². The maximum atomic E-state index is 12.9. The van der Waals surface area contributed by atoms with E-state index < -0.39 is 6.17 Å². The molecule has 0 aromatic heterocycles. The minimum Gasteiger partial charge on any atom is -0.374 e. The van der Waals surface area contributed by atoms with E-state index in [1.54, 1.807) is 0 Å². The molecule has 3 heteroatoms. The zero-order valence-electron chi connectivity index (χ0n) is 6.61. The first kappa shape index (κ1) is 7.50. The van der Waals surface area contributed by atoms with E-state index >= 15 is 0 Å². The third-order valence-corrected chi connectivity index (χ3v) is 2.59. The summed E-state index contributed by atoms with van der Waals surface area (Å²) in [5, 5.41) is 3.07. The summed E-state index contributed by atoms with van der Waals surface area (Å²) < 4.78 is 18.5. The summed E-state index contributed by atoms with van der Waals surface area (Å²) in [5.74, 6) is 0. The molecule has 2 aliphatic heterocycles. The van der Waals surface area contributed by atoms with E-state index in [9.17, 15) is 4.39 Å². The van der Waals surface area contributed by atoms with Gasteiger partial charge >= 0.3 is 0 Å². The van der Waals surface area contributed by atoms with Crippen molar-refractivity contribution in [3.8, 4) is 0 Å². The van der Waals surface area contributed by atoms with E-state index in [1.807, 2.05) is 0 Å². The van der Waals surface area contributed by atoms with Gasteiger partial charge in [0.15, 0.2) is 0 Å². The molecular weight excluding hydrogens is 145 g/mol. The van der Waals surface area contributed by atoms with Crippen molar-refractivity contribution in [1.82, 2.24) is 5.32 Å². The monoisotopic (exact) mass is 159 g/mol. The summed E-state index contributed by atoms with van der Waals surface area (Å²) in [6, 6.07) is 0. The van der Waals surface area contributed by atoms with Gasteiger partial charge < -0.3 is 10.1 Å². The van der Waals surface area contributed by atoms with Crippen LogP contribution in [-0.2, 0) is 4.74 Å². The maximum absolute atomic E-state index is 12.9. The third kappa shape index (κ3) is 1.40. The van der Waals surface area contributed by atoms with Gasteiger partial charge in [0, 0.05) is 26.1 Å². The molecule has 2 saturated heterocycles. The van der Waals surface area contributed by atoms with Crippen LogP contribution in [0.5, 0.6) is 0 Å². The number of rotatable bonds is 0. The molecule has 2 rings (SSSR count). The zero-order valence-corrected chi connectivity index (χ0v) is 6.61. The normalized spacial score (nSPS) is 45.0. The molecule has 0 aromatic rings. The Bertz CT molecular complexity index is 145. The molecule has 2 heterocycles. The molecule has 2 atom stereocenters. The first-order valence-corrected chi connectivity index (χ1v) is 4.30. The quantitative estimate of drug-likeness (QED) is 0.566. The Morgan fingerprint density at radius 3 is 3.09 bits per heavy atom. The molecular formula is C8H14FNO. The number of hydrogen-bond acceptors (Lipinski definition) is 2. The van der Waals surface area contributed by atoms with Crippen molar-refractivity contribution in [3.63, 3.8) is 0 Å². The van der Waals surface area contributed by atoms with E-state index in [0.717, 1.165) is 26.0 Å². The number of nitrogens with one attached hydrogen (secondary N) is 1. The fraction of sp³-hybridized carbons (Fsp3) is 1.00. The number of piperidine rings is 1. The molecule has 11 heavy (non-hydrogen) atoms. The van der Waals surface area contributed by atoms with Crippen LogP contribution >= 0.6 is 0 Å². The Hall–Kier alpha value is -0.150. The molecule has 64 valence electrons. The lowest BCUT2D eigenvalue weighted by Gasteiger charge is -2.34. The van der Waals surface area contributed by atoms with E-state index in [-0.39, 0.29) is 5.60 Å². The Balaban J connectivity index is 2.00. The third-order valence-electron chi connectivity index (χ3n) is 2.59. The van der Waals surface area contributed by atoms with Crippen LogP contribution in [0.2, 0.25) is 0 Å². The van der Waals surface area contributed by atoms with E-state index in [1.165, 1.54) is 0 Å². The summed E-state index contributed by atoms with van der Waals surface area (Å²) in [6.45, 7) is 2.16. The second kappa shape index (κ2) is 2.72. The second-order valence-corrected chi connectivity index (χ2v) is 3.57. The van der Waals surface area contributed by atoms with Crippen LogP contribution in [0.1, 0.15) is 19.3 Å². The highest BCUT2D eigenvalue weighted by Crippen LogP contribution is 2.32. The van der Waals surface area contributed by atoms with Crippen molar-refractivity contribution in [3.05, 3.63) is 0 Å². The Labute approximate surface area is 66.1 Å². The Kier molecular flexibility index (Phi) is 1.85. The van der Waals surface area contributed by atoms with Gasteiger partial charge in [-0.15, -0.1) is 0 Å². The van der Waals surface area contributed by atoms with Crippen molar-refractivity contribution in [2.24, 2.45) is 0 Å². The highest BCUT2D eigenvalue weighted by atomic mass is 19.1. The topological polar surface area (TPSA) is 21.3 Å². The molecule has 0 saturated carbocycles. The van der Waals surface area contributed by atoms with Gasteiger partial charge in [-0.3, -0.25) is 0 Å². The number of hydrogen-bond donors (Lipinski definition) is 1. The van der Waals surface area contributed by atoms with Crippen LogP contribution in [0, 0.1) is 0 Å². The highest BCUT2D eigenvalue weighted by Gasteiger charge is 2.39. The van der Waals surface area contributed by atoms with Gasteiger partial charge in [-0.1, -0.05) is 0 Å². The largest absolute Gasteiger partial charge is 0.374 e. The second-order valence-electron chi connectivity index (χ2n) is 3.57. The average molecular weight is 159 g/mol. The van der Waals surface area contributed by atoms with Gasteiger partial charge in [-0.25, -0.2) is 4.39 Å². The van der Waals surface area contributed by atoms with Crippen LogP contribution in [-0.4, -0.2) is 31.5 Å². The molecule has 2 fully saturated rings. The molecule has 0 aromatic carbocycles. The van der Waals surface area contributed by atoms with Gasteiger partial charge in [-0.2, -0.15) is 0 Å². The molecule has 2 unspecified atom stereocenters. The van der Waals surface area contributed by atoms with Crippen LogP contribution in [0.3, 0.4) is 0 Å². The minimum atomic E-state index is -0.707. The molecule has 0 radical (unpaired) electrons. The maximum Gasteiger partial charge on any atom is 0.115 e. The van der Waals surface area contributed by atoms with Gasteiger partial charge in [-0.05, 0) is 12.8 Å². The summed E-state index contributed by atoms with van der Waals surface area (Å²) in [4.78, 5) is 0. The lowest BCUT2D eigenvalue weighted by Crippen LogP contribution is -2.49. The van der Waals surface area contributed by atoms with Crippen molar-refractivity contribution in [2.75, 3.05) is 19.7 Å². The van der Waals surface area contributed by atoms with Crippen LogP contribution < -0.4 is 5.32 Å². The SMILES string of the molecule is FC1CNCC2(CCCO2)C1. The van der Waals surface area contributed by atoms with Crippen molar-refractivity contribution >= 4 is 0 Å². The molecule has 0 amide bonds. The van der Waals surface area contributed by atoms with Crippen molar-refractivity contribution < 1.29 is 9.13 Å². The molecule has 1 N–H and O–H groups in total. The summed E-state index contributed by atoms with van der Waals surface area (Å²) in [7, 11) is 0. The fourth-order valence-electron chi connectivity index (χ4n) is 2.06. The predicted octanol–water partition coefficient (Wildman–Crippen LogP) is 0.867. The molecule has 0 aliphatic carbocycles. The molecule has 1 spiro atoms. The van der Waals surface area contributed by atoms with E-state index in [0.29, 0.717) is 13.0 Å². The van der Waals surface area contributed by atoms with Crippen LogP contribution in [0.25, 0.3) is 0 Å². The van der Waals surface area contributed by atoms with E-state index in [2.05, 4.69) is 5.32 Å². The average Bonchev–Trinajstić information content (AvgIpc) is 2.37. The highest BCUT2D eigenvalue weighted by molar-refractivity contribution is 4.93. The number of ether oxygens (including phenoxy) is 1. The van der Waals surface area contributed by atoms with Gasteiger partial charge in [0.05, 0.1) is 5.60 Å². The number of halogens is 1. The minimum absolute atomic E-state index is 0.141. The molecule has 2 nitrogen and oxygen atoms in total. The van der Waals surface area contributed by atoms with Crippen LogP contribution in [0.4, 0.5) is 4.39 Å². The molecule has 0 bridgehead atoms. The van der Waals surface area contributed by atoms with Gasteiger partial charge in [0.2, 0.25) is 0 Å². The predicted molar refractivity (Wildman–Crippen MR) is 40.3 cm³/mol. The van der Waals surface area contributed by atoms with Crippen molar-refractivity contribution in [1.29, 1.82) is 0 Å². The summed E-state index contributed by atoms with van der Waals surface area (Å²) >= 11 is 0. The van der Waals surface area contributed by atoms with Gasteiger partial charge in [0.1, 0.15) is 6.17 Å². The van der Waals surface area contributed by atoms with E-state index in [4.69, 9.17) is 4.74 Å². The number of alkyl halides is 1. The Morgan fingerprint density at radius 2 is 2.45 bits per heavy atom. The van der Waals surface area contributed by atoms with Gasteiger partial charge in [0.25, 0.3) is 0 Å². The first-order valence-electron chi connectivity index (χ1n) is 4.30. The lowest BCUT2D eigenvalue weighted by molar-refractivity contribution is -0.0345. The Morgan fingerprint density at radius 1 is 1.55 bits per heavy atom. The lowest BCUT2D eigenvalue weighted by atomic mass is 9.90.